The third-order valence-corrected chi connectivity index (χ3v) is 3.11. The van der Waals surface area contributed by atoms with Crippen LogP contribution in [0.5, 0.6) is 0 Å². The Morgan fingerprint density at radius 1 is 1.10 bits per heavy atom. The molecule has 0 fully saturated rings. The van der Waals surface area contributed by atoms with Crippen molar-refractivity contribution in [3.63, 3.8) is 0 Å². The molecule has 3 nitrogen and oxygen atoms in total. The van der Waals surface area contributed by atoms with Crippen molar-refractivity contribution in [1.29, 1.82) is 0 Å². The Hall–Kier alpha value is -1.84. The molecule has 2 rings (SSSR count). The van der Waals surface area contributed by atoms with E-state index >= 15 is 0 Å². The van der Waals surface area contributed by atoms with Crippen molar-refractivity contribution in [2.24, 2.45) is 5.73 Å². The van der Waals surface area contributed by atoms with Crippen LogP contribution in [0.1, 0.15) is 11.1 Å². The highest BCUT2D eigenvalue weighted by Gasteiger charge is 2.15. The molecule has 0 radical (unpaired) electrons. The average Bonchev–Trinajstić information content (AvgIpc) is 2.46. The summed E-state index contributed by atoms with van der Waals surface area (Å²) in [5.74, 6) is -0.408. The average molecular weight is 290 g/mol. The van der Waals surface area contributed by atoms with Gasteiger partial charge in [-0.2, -0.15) is 0 Å². The van der Waals surface area contributed by atoms with Crippen molar-refractivity contribution in [3.8, 4) is 0 Å². The first-order chi connectivity index (χ1) is 9.65. The van der Waals surface area contributed by atoms with Gasteiger partial charge < -0.3 is 10.5 Å². The maximum absolute atomic E-state index is 11.8. The van der Waals surface area contributed by atoms with E-state index in [4.69, 9.17) is 22.1 Å². The summed E-state index contributed by atoms with van der Waals surface area (Å²) in [6.45, 7) is 0.239. The minimum Gasteiger partial charge on any atom is -0.460 e. The predicted octanol–water partition coefficient (Wildman–Crippen LogP) is 2.95. The molecule has 0 heterocycles. The Kier molecular flexibility index (Phi) is 5.16. The third kappa shape index (κ3) is 4.37. The summed E-state index contributed by atoms with van der Waals surface area (Å²) >= 11 is 5.89. The summed E-state index contributed by atoms with van der Waals surface area (Å²) in [4.78, 5) is 11.8. The van der Waals surface area contributed by atoms with Gasteiger partial charge in [0.25, 0.3) is 0 Å². The first-order valence-corrected chi connectivity index (χ1v) is 6.73. The van der Waals surface area contributed by atoms with E-state index in [1.54, 1.807) is 12.1 Å². The van der Waals surface area contributed by atoms with E-state index < -0.39 is 12.0 Å². The Morgan fingerprint density at radius 2 is 1.80 bits per heavy atom. The molecule has 4 heteroatoms. The maximum atomic E-state index is 11.8. The van der Waals surface area contributed by atoms with Gasteiger partial charge in [-0.05, 0) is 29.7 Å². The van der Waals surface area contributed by atoms with Crippen molar-refractivity contribution >= 4 is 17.6 Å². The number of hydrogen-bond acceptors (Lipinski definition) is 3. The second-order valence-electron chi connectivity index (χ2n) is 4.53. The van der Waals surface area contributed by atoms with Crippen molar-refractivity contribution in [3.05, 3.63) is 70.7 Å². The molecule has 104 valence electrons. The minimum atomic E-state index is -0.683. The standard InChI is InChI=1S/C16H16ClNO2/c17-14-8-4-7-13(9-14)10-15(18)16(19)20-11-12-5-2-1-3-6-12/h1-9,15H,10-11,18H2/t15-/m0/s1. The number of ether oxygens (including phenoxy) is 1. The van der Waals surface area contributed by atoms with Crippen molar-refractivity contribution in [2.75, 3.05) is 0 Å². The van der Waals surface area contributed by atoms with Gasteiger partial charge in [0, 0.05) is 5.02 Å². The summed E-state index contributed by atoms with van der Waals surface area (Å²) in [5.41, 5.74) is 7.70. The predicted molar refractivity (Wildman–Crippen MR) is 79.4 cm³/mol. The SMILES string of the molecule is N[C@@H](Cc1cccc(Cl)c1)C(=O)OCc1ccccc1. The van der Waals surface area contributed by atoms with E-state index in [9.17, 15) is 4.79 Å². The van der Waals surface area contributed by atoms with Crippen LogP contribution in [0.2, 0.25) is 5.02 Å². The minimum absolute atomic E-state index is 0.239. The molecule has 0 amide bonds. The molecule has 0 saturated heterocycles. The topological polar surface area (TPSA) is 52.3 Å². The lowest BCUT2D eigenvalue weighted by Gasteiger charge is -2.12. The molecule has 0 aliphatic heterocycles. The third-order valence-electron chi connectivity index (χ3n) is 2.87. The molecule has 0 unspecified atom stereocenters. The molecule has 2 aromatic rings. The van der Waals surface area contributed by atoms with E-state index in [0.717, 1.165) is 11.1 Å². The summed E-state index contributed by atoms with van der Waals surface area (Å²) < 4.78 is 5.20. The van der Waals surface area contributed by atoms with Gasteiger partial charge >= 0.3 is 5.97 Å². The van der Waals surface area contributed by atoms with Gasteiger partial charge in [-0.25, -0.2) is 0 Å². The highest BCUT2D eigenvalue weighted by atomic mass is 35.5. The molecule has 2 aromatic carbocycles. The highest BCUT2D eigenvalue weighted by Crippen LogP contribution is 2.12. The zero-order valence-corrected chi connectivity index (χ0v) is 11.7. The Bertz CT molecular complexity index is 572. The maximum Gasteiger partial charge on any atom is 0.323 e. The number of hydrogen-bond donors (Lipinski definition) is 1. The summed E-state index contributed by atoms with van der Waals surface area (Å²) in [5, 5.41) is 0.632. The van der Waals surface area contributed by atoms with Crippen LogP contribution in [-0.2, 0) is 22.6 Å². The van der Waals surface area contributed by atoms with Crippen LogP contribution in [0.25, 0.3) is 0 Å². The quantitative estimate of drug-likeness (QED) is 0.861. The highest BCUT2D eigenvalue weighted by molar-refractivity contribution is 6.30. The summed E-state index contributed by atoms with van der Waals surface area (Å²) in [6.07, 6.45) is 0.411. The van der Waals surface area contributed by atoms with E-state index in [1.807, 2.05) is 42.5 Å². The fraction of sp³-hybridized carbons (Fsp3) is 0.188. The zero-order chi connectivity index (χ0) is 14.4. The number of nitrogens with two attached hydrogens (primary N) is 1. The van der Waals surface area contributed by atoms with Gasteiger partial charge in [0.05, 0.1) is 0 Å². The molecule has 0 bridgehead atoms. The van der Waals surface area contributed by atoms with E-state index in [2.05, 4.69) is 0 Å². The summed E-state index contributed by atoms with van der Waals surface area (Å²) in [7, 11) is 0. The molecular weight excluding hydrogens is 274 g/mol. The number of carbonyl (C=O) groups excluding carboxylic acids is 1. The number of rotatable bonds is 5. The molecule has 20 heavy (non-hydrogen) atoms. The van der Waals surface area contributed by atoms with Crippen LogP contribution in [0, 0.1) is 0 Å². The second kappa shape index (κ2) is 7.08. The van der Waals surface area contributed by atoms with Gasteiger partial charge in [0.15, 0.2) is 0 Å². The first kappa shape index (κ1) is 14.6. The lowest BCUT2D eigenvalue weighted by Crippen LogP contribution is -2.34. The number of carbonyl (C=O) groups is 1. The van der Waals surface area contributed by atoms with Crippen LogP contribution < -0.4 is 5.73 Å². The Balaban J connectivity index is 1.86. The van der Waals surface area contributed by atoms with E-state index in [0.29, 0.717) is 11.4 Å². The van der Waals surface area contributed by atoms with Crippen LogP contribution in [0.3, 0.4) is 0 Å². The van der Waals surface area contributed by atoms with Gasteiger partial charge in [0.1, 0.15) is 12.6 Å². The number of halogens is 1. The molecule has 0 saturated carbocycles. The molecule has 2 N–H and O–H groups in total. The largest absolute Gasteiger partial charge is 0.460 e. The van der Waals surface area contributed by atoms with Crippen LogP contribution in [0.15, 0.2) is 54.6 Å². The second-order valence-corrected chi connectivity index (χ2v) is 4.97. The monoisotopic (exact) mass is 289 g/mol. The smallest absolute Gasteiger partial charge is 0.323 e. The lowest BCUT2D eigenvalue weighted by molar-refractivity contribution is -0.146. The van der Waals surface area contributed by atoms with Gasteiger partial charge in [-0.1, -0.05) is 54.1 Å². The molecule has 0 spiro atoms. The normalized spacial score (nSPS) is 11.9. The van der Waals surface area contributed by atoms with Crippen molar-refractivity contribution in [2.45, 2.75) is 19.1 Å². The summed E-state index contributed by atoms with van der Waals surface area (Å²) in [6, 6.07) is 16.1. The molecule has 1 atom stereocenters. The molecule has 0 aliphatic rings. The molecule has 0 aliphatic carbocycles. The van der Waals surface area contributed by atoms with Crippen molar-refractivity contribution in [1.82, 2.24) is 0 Å². The Labute approximate surface area is 123 Å². The van der Waals surface area contributed by atoms with Gasteiger partial charge in [0.2, 0.25) is 0 Å². The fourth-order valence-corrected chi connectivity index (χ4v) is 2.05. The first-order valence-electron chi connectivity index (χ1n) is 6.36. The van der Waals surface area contributed by atoms with Crippen LogP contribution in [0.4, 0.5) is 0 Å². The molecule has 0 aromatic heterocycles. The number of esters is 1. The lowest BCUT2D eigenvalue weighted by atomic mass is 10.1. The van der Waals surface area contributed by atoms with Gasteiger partial charge in [-0.3, -0.25) is 4.79 Å². The molecular formula is C16H16ClNO2. The zero-order valence-electron chi connectivity index (χ0n) is 11.0. The van der Waals surface area contributed by atoms with E-state index in [1.165, 1.54) is 0 Å². The van der Waals surface area contributed by atoms with Crippen LogP contribution >= 0.6 is 11.6 Å². The van der Waals surface area contributed by atoms with E-state index in [-0.39, 0.29) is 6.61 Å². The van der Waals surface area contributed by atoms with Crippen molar-refractivity contribution < 1.29 is 9.53 Å². The Morgan fingerprint density at radius 3 is 2.50 bits per heavy atom. The van der Waals surface area contributed by atoms with Gasteiger partial charge in [-0.15, -0.1) is 0 Å². The fourth-order valence-electron chi connectivity index (χ4n) is 1.84. The van der Waals surface area contributed by atoms with Crippen LogP contribution in [-0.4, -0.2) is 12.0 Å². The number of benzene rings is 2.